The Morgan fingerprint density at radius 3 is 2.95 bits per heavy atom. The summed E-state index contributed by atoms with van der Waals surface area (Å²) in [4.78, 5) is 23.6. The fourth-order valence-corrected chi connectivity index (χ4v) is 4.16. The van der Waals surface area contributed by atoms with Gasteiger partial charge in [-0.25, -0.2) is 4.98 Å². The predicted octanol–water partition coefficient (Wildman–Crippen LogP) is 1.56. The monoisotopic (exact) mass is 292 g/mol. The van der Waals surface area contributed by atoms with Gasteiger partial charge in [-0.3, -0.25) is 4.79 Å². The summed E-state index contributed by atoms with van der Waals surface area (Å²) >= 11 is 1.63. The first-order valence-corrected chi connectivity index (χ1v) is 8.21. The van der Waals surface area contributed by atoms with Gasteiger partial charge >= 0.3 is 0 Å². The van der Waals surface area contributed by atoms with Crippen molar-refractivity contribution >= 4 is 21.6 Å². The summed E-state index contributed by atoms with van der Waals surface area (Å²) < 4.78 is 0. The van der Waals surface area contributed by atoms with Crippen molar-refractivity contribution in [2.24, 2.45) is 0 Å². The number of fused-ring (bicyclic) bond motifs is 1. The fraction of sp³-hybridized carbons (Fsp3) is 0.600. The number of likely N-dealkylation sites (tertiary alicyclic amines) is 1. The molecule has 5 heteroatoms. The maximum atomic E-state index is 12.3. The summed E-state index contributed by atoms with van der Waals surface area (Å²) in [5.74, 6) is 0.840. The summed E-state index contributed by atoms with van der Waals surface area (Å²) in [5, 5.41) is 0.776. The quantitative estimate of drug-likeness (QED) is 0.882. The molecule has 1 fully saturated rings. The van der Waals surface area contributed by atoms with Crippen LogP contribution in [0.3, 0.4) is 0 Å². The number of hydrogen-bond acceptors (Lipinski definition) is 3. The van der Waals surface area contributed by atoms with E-state index in [-0.39, 0.29) is 5.56 Å². The number of nitrogens with one attached hydrogen (secondary N) is 2. The molecule has 0 spiro atoms. The van der Waals surface area contributed by atoms with Crippen LogP contribution in [0.4, 0.5) is 0 Å². The van der Waals surface area contributed by atoms with E-state index >= 15 is 0 Å². The van der Waals surface area contributed by atoms with Gasteiger partial charge in [0, 0.05) is 4.88 Å². The number of nitrogens with zero attached hydrogens (tertiary/aromatic N) is 1. The van der Waals surface area contributed by atoms with Crippen molar-refractivity contribution in [3.05, 3.63) is 26.6 Å². The van der Waals surface area contributed by atoms with Crippen molar-refractivity contribution in [3.63, 3.8) is 0 Å². The van der Waals surface area contributed by atoms with Gasteiger partial charge in [-0.15, -0.1) is 11.3 Å². The normalized spacial score (nSPS) is 23.4. The Morgan fingerprint density at radius 2 is 2.20 bits per heavy atom. The van der Waals surface area contributed by atoms with E-state index in [4.69, 9.17) is 0 Å². The van der Waals surface area contributed by atoms with Gasteiger partial charge in [0.25, 0.3) is 5.56 Å². The average molecular weight is 292 g/mol. The molecule has 108 valence electrons. The smallest absolute Gasteiger partial charge is 0.260 e. The van der Waals surface area contributed by atoms with E-state index in [0.29, 0.717) is 6.04 Å². The van der Waals surface area contributed by atoms with Crippen LogP contribution in [-0.2, 0) is 6.54 Å². The highest BCUT2D eigenvalue weighted by Gasteiger charge is 2.23. The highest BCUT2D eigenvalue weighted by molar-refractivity contribution is 7.18. The number of aromatic amines is 1. The number of piperidine rings is 1. The zero-order valence-electron chi connectivity index (χ0n) is 12.4. The molecule has 2 N–H and O–H groups in total. The number of H-pyrrole nitrogens is 1. The molecule has 1 aliphatic heterocycles. The molecule has 2 atom stereocenters. The highest BCUT2D eigenvalue weighted by Crippen LogP contribution is 2.25. The number of hydrogen-bond donors (Lipinski definition) is 2. The van der Waals surface area contributed by atoms with Gasteiger partial charge in [0.15, 0.2) is 5.82 Å². The van der Waals surface area contributed by atoms with E-state index in [1.807, 2.05) is 6.92 Å². The van der Waals surface area contributed by atoms with Crippen LogP contribution in [0.2, 0.25) is 0 Å². The lowest BCUT2D eigenvalue weighted by Gasteiger charge is -2.29. The molecule has 0 aromatic carbocycles. The van der Waals surface area contributed by atoms with Crippen LogP contribution < -0.4 is 10.5 Å². The molecule has 3 rings (SSSR count). The SMILES string of the molecule is Cc1sc2nc(C[NH+]3CCCC[C@@H]3C)[nH]c(=O)c2c1C. The van der Waals surface area contributed by atoms with Crippen LogP contribution in [0.25, 0.3) is 10.2 Å². The van der Waals surface area contributed by atoms with Gasteiger partial charge < -0.3 is 9.88 Å². The molecule has 2 aromatic rings. The van der Waals surface area contributed by atoms with E-state index in [1.54, 1.807) is 16.2 Å². The second kappa shape index (κ2) is 5.30. The van der Waals surface area contributed by atoms with Gasteiger partial charge in [0.05, 0.1) is 18.0 Å². The van der Waals surface area contributed by atoms with Gasteiger partial charge in [0.2, 0.25) is 0 Å². The Kier molecular flexibility index (Phi) is 3.65. The maximum Gasteiger partial charge on any atom is 0.260 e. The molecule has 2 aromatic heterocycles. The van der Waals surface area contributed by atoms with E-state index in [9.17, 15) is 4.79 Å². The summed E-state index contributed by atoms with van der Waals surface area (Å²) in [6.07, 6.45) is 3.89. The molecule has 1 unspecified atom stereocenters. The molecule has 0 radical (unpaired) electrons. The average Bonchev–Trinajstić information content (AvgIpc) is 2.68. The lowest BCUT2D eigenvalue weighted by atomic mass is 10.0. The van der Waals surface area contributed by atoms with Crippen LogP contribution in [0.1, 0.15) is 42.5 Å². The second-order valence-electron chi connectivity index (χ2n) is 5.96. The van der Waals surface area contributed by atoms with Crippen molar-refractivity contribution in [1.82, 2.24) is 9.97 Å². The number of quaternary nitrogens is 1. The van der Waals surface area contributed by atoms with E-state index in [1.165, 1.54) is 30.7 Å². The third-order valence-corrected chi connectivity index (χ3v) is 5.67. The lowest BCUT2D eigenvalue weighted by Crippen LogP contribution is -3.15. The molecule has 0 bridgehead atoms. The zero-order chi connectivity index (χ0) is 14.3. The largest absolute Gasteiger partial charge is 0.326 e. The molecule has 0 amide bonds. The van der Waals surface area contributed by atoms with Crippen molar-refractivity contribution < 1.29 is 4.90 Å². The first-order valence-electron chi connectivity index (χ1n) is 7.39. The fourth-order valence-electron chi connectivity index (χ4n) is 3.11. The van der Waals surface area contributed by atoms with E-state index in [0.717, 1.165) is 28.1 Å². The Labute approximate surface area is 122 Å². The Bertz CT molecular complexity index is 688. The number of thiophene rings is 1. The Balaban J connectivity index is 1.94. The molecule has 1 aliphatic rings. The minimum absolute atomic E-state index is 0.0240. The first kappa shape index (κ1) is 13.8. The first-order chi connectivity index (χ1) is 9.56. The van der Waals surface area contributed by atoms with Crippen LogP contribution in [0.5, 0.6) is 0 Å². The van der Waals surface area contributed by atoms with Crippen LogP contribution in [-0.4, -0.2) is 22.6 Å². The van der Waals surface area contributed by atoms with E-state index < -0.39 is 0 Å². The van der Waals surface area contributed by atoms with Gasteiger partial charge in [-0.2, -0.15) is 0 Å². The zero-order valence-corrected chi connectivity index (χ0v) is 13.2. The molecule has 4 nitrogen and oxygen atoms in total. The maximum absolute atomic E-state index is 12.3. The Hall–Kier alpha value is -1.20. The summed E-state index contributed by atoms with van der Waals surface area (Å²) in [6.45, 7) is 8.37. The van der Waals surface area contributed by atoms with Crippen molar-refractivity contribution in [1.29, 1.82) is 0 Å². The summed E-state index contributed by atoms with van der Waals surface area (Å²) in [7, 11) is 0. The minimum atomic E-state index is 0.0240. The van der Waals surface area contributed by atoms with Crippen molar-refractivity contribution in [3.8, 4) is 0 Å². The third-order valence-electron chi connectivity index (χ3n) is 4.56. The van der Waals surface area contributed by atoms with Gasteiger partial charge in [-0.05, 0) is 45.6 Å². The van der Waals surface area contributed by atoms with Crippen LogP contribution in [0, 0.1) is 13.8 Å². The van der Waals surface area contributed by atoms with Crippen LogP contribution >= 0.6 is 11.3 Å². The van der Waals surface area contributed by atoms with Crippen LogP contribution in [0.15, 0.2) is 4.79 Å². The predicted molar refractivity (Wildman–Crippen MR) is 82.6 cm³/mol. The van der Waals surface area contributed by atoms with Gasteiger partial charge in [0.1, 0.15) is 11.4 Å². The molecule has 1 saturated heterocycles. The molecular formula is C15H22N3OS+. The van der Waals surface area contributed by atoms with E-state index in [2.05, 4.69) is 23.8 Å². The minimum Gasteiger partial charge on any atom is -0.326 e. The number of aryl methyl sites for hydroxylation is 2. The highest BCUT2D eigenvalue weighted by atomic mass is 32.1. The van der Waals surface area contributed by atoms with Crippen molar-refractivity contribution in [2.45, 2.75) is 52.6 Å². The number of aromatic nitrogens is 2. The molecule has 0 saturated carbocycles. The van der Waals surface area contributed by atoms with Gasteiger partial charge in [-0.1, -0.05) is 0 Å². The number of rotatable bonds is 2. The second-order valence-corrected chi connectivity index (χ2v) is 7.16. The third kappa shape index (κ3) is 2.40. The summed E-state index contributed by atoms with van der Waals surface area (Å²) in [6, 6.07) is 0.663. The topological polar surface area (TPSA) is 50.2 Å². The molecule has 3 heterocycles. The van der Waals surface area contributed by atoms with Crippen molar-refractivity contribution in [2.75, 3.05) is 6.54 Å². The lowest BCUT2D eigenvalue weighted by molar-refractivity contribution is -0.942. The molecule has 20 heavy (non-hydrogen) atoms. The molecule has 0 aliphatic carbocycles. The summed E-state index contributed by atoms with van der Waals surface area (Å²) in [5.41, 5.74) is 1.10. The molecular weight excluding hydrogens is 270 g/mol. The Morgan fingerprint density at radius 1 is 1.40 bits per heavy atom. The standard InChI is InChI=1S/C15H21N3OS/c1-9-6-4-5-7-18(9)8-12-16-14(19)13-10(2)11(3)20-15(13)17-12/h9H,4-8H2,1-3H3,(H,16,17,19)/p+1/t9-/m0/s1.